The third-order valence-corrected chi connectivity index (χ3v) is 6.11. The van der Waals surface area contributed by atoms with Crippen LogP contribution in [0.5, 0.6) is 5.75 Å². The van der Waals surface area contributed by atoms with Gasteiger partial charge in [-0.15, -0.1) is 0 Å². The zero-order valence-electron chi connectivity index (χ0n) is 17.1. The van der Waals surface area contributed by atoms with Gasteiger partial charge in [0.2, 0.25) is 0 Å². The number of aryl methyl sites for hydroxylation is 1. The van der Waals surface area contributed by atoms with Gasteiger partial charge in [0.15, 0.2) is 0 Å². The van der Waals surface area contributed by atoms with E-state index in [1.54, 1.807) is 31.2 Å². The molecule has 1 fully saturated rings. The highest BCUT2D eigenvalue weighted by Crippen LogP contribution is 2.55. The van der Waals surface area contributed by atoms with E-state index in [2.05, 4.69) is 5.32 Å². The Balaban J connectivity index is 1.78. The van der Waals surface area contributed by atoms with Crippen molar-refractivity contribution in [3.8, 4) is 11.8 Å². The first kappa shape index (κ1) is 21.1. The molecule has 4 nitrogen and oxygen atoms in total. The summed E-state index contributed by atoms with van der Waals surface area (Å²) in [5, 5.41) is 12.3. The molecule has 1 N–H and O–H groups in total. The van der Waals surface area contributed by atoms with Crippen molar-refractivity contribution in [1.82, 2.24) is 5.32 Å². The Labute approximate surface area is 175 Å². The number of rotatable bonds is 4. The molecule has 3 rings (SSSR count). The normalized spacial score (nSPS) is 21.6. The molecular formula is C23H24ClFN2O2. The minimum absolute atomic E-state index is 0.0328. The predicted molar refractivity (Wildman–Crippen MR) is 111 cm³/mol. The van der Waals surface area contributed by atoms with Crippen LogP contribution in [0.15, 0.2) is 36.4 Å². The van der Waals surface area contributed by atoms with Crippen molar-refractivity contribution in [3.05, 3.63) is 63.9 Å². The molecule has 0 radical (unpaired) electrons. The third kappa shape index (κ3) is 3.70. The van der Waals surface area contributed by atoms with Crippen LogP contribution in [0.2, 0.25) is 5.02 Å². The lowest BCUT2D eigenvalue weighted by Gasteiger charge is -2.63. The second-order valence-corrected chi connectivity index (χ2v) is 9.19. The number of amides is 1. The van der Waals surface area contributed by atoms with Crippen LogP contribution in [0.25, 0.3) is 0 Å². The molecule has 1 saturated carbocycles. The standard InChI is InChI=1S/C23H24ClFN2O2/c1-13-6-9-16(18(25)10-13)19(28)27-20-22(2,3)21(23(20,4)5)29-15-8-7-14(12-26)17(24)11-15/h6-11,20-21H,1-5H3,(H,27,28)/t20-,21-. The average molecular weight is 415 g/mol. The van der Waals surface area contributed by atoms with Crippen molar-refractivity contribution in [2.75, 3.05) is 0 Å². The Kier molecular flexibility index (Phi) is 5.36. The Morgan fingerprint density at radius 2 is 1.83 bits per heavy atom. The van der Waals surface area contributed by atoms with Crippen molar-refractivity contribution >= 4 is 17.5 Å². The molecule has 0 saturated heterocycles. The lowest BCUT2D eigenvalue weighted by atomic mass is 9.49. The van der Waals surface area contributed by atoms with Gasteiger partial charge in [0.25, 0.3) is 5.91 Å². The Bertz CT molecular complexity index is 994. The maximum absolute atomic E-state index is 14.2. The molecule has 0 aromatic heterocycles. The number of halogens is 2. The summed E-state index contributed by atoms with van der Waals surface area (Å²) in [5.41, 5.74) is 0.376. The molecule has 0 bridgehead atoms. The van der Waals surface area contributed by atoms with Gasteiger partial charge >= 0.3 is 0 Å². The summed E-state index contributed by atoms with van der Waals surface area (Å²) in [6, 6.07) is 11.3. The number of nitriles is 1. The van der Waals surface area contributed by atoms with Crippen LogP contribution in [0.1, 0.15) is 49.2 Å². The maximum Gasteiger partial charge on any atom is 0.254 e. The highest BCUT2D eigenvalue weighted by Gasteiger charge is 2.64. The van der Waals surface area contributed by atoms with Crippen molar-refractivity contribution in [2.24, 2.45) is 10.8 Å². The molecule has 29 heavy (non-hydrogen) atoms. The summed E-state index contributed by atoms with van der Waals surface area (Å²) in [5.74, 6) is -0.402. The van der Waals surface area contributed by atoms with Crippen LogP contribution < -0.4 is 10.1 Å². The molecule has 2 aromatic carbocycles. The lowest BCUT2D eigenvalue weighted by molar-refractivity contribution is -0.164. The number of nitrogens with one attached hydrogen (secondary N) is 1. The number of benzene rings is 2. The number of carbonyl (C=O) groups excluding carboxylic acids is 1. The monoisotopic (exact) mass is 414 g/mol. The Hall–Kier alpha value is -2.58. The van der Waals surface area contributed by atoms with Crippen LogP contribution in [-0.2, 0) is 0 Å². The van der Waals surface area contributed by atoms with Crippen LogP contribution in [0.3, 0.4) is 0 Å². The number of hydrogen-bond donors (Lipinski definition) is 1. The average Bonchev–Trinajstić information content (AvgIpc) is 2.63. The summed E-state index contributed by atoms with van der Waals surface area (Å²) in [6.07, 6.45) is -0.216. The van der Waals surface area contributed by atoms with E-state index in [0.717, 1.165) is 5.56 Å². The number of nitrogens with zero attached hydrogens (tertiary/aromatic N) is 1. The summed E-state index contributed by atoms with van der Waals surface area (Å²) in [4.78, 5) is 12.7. The molecule has 2 aromatic rings. The van der Waals surface area contributed by atoms with E-state index in [-0.39, 0.29) is 17.7 Å². The van der Waals surface area contributed by atoms with E-state index < -0.39 is 22.6 Å². The third-order valence-electron chi connectivity index (χ3n) is 5.80. The van der Waals surface area contributed by atoms with E-state index in [1.165, 1.54) is 12.1 Å². The first-order valence-corrected chi connectivity index (χ1v) is 9.79. The van der Waals surface area contributed by atoms with Gasteiger partial charge in [0, 0.05) is 22.9 Å². The molecular weight excluding hydrogens is 391 g/mol. The molecule has 0 atom stereocenters. The van der Waals surface area contributed by atoms with Gasteiger partial charge in [-0.1, -0.05) is 45.4 Å². The van der Waals surface area contributed by atoms with Gasteiger partial charge in [0.1, 0.15) is 23.7 Å². The van der Waals surface area contributed by atoms with E-state index in [4.69, 9.17) is 21.6 Å². The topological polar surface area (TPSA) is 62.1 Å². The molecule has 1 amide bonds. The largest absolute Gasteiger partial charge is 0.489 e. The van der Waals surface area contributed by atoms with Gasteiger partial charge in [0.05, 0.1) is 16.1 Å². The smallest absolute Gasteiger partial charge is 0.254 e. The first-order chi connectivity index (χ1) is 13.5. The summed E-state index contributed by atoms with van der Waals surface area (Å²) in [6.45, 7) is 9.80. The van der Waals surface area contributed by atoms with E-state index in [1.807, 2.05) is 33.8 Å². The Morgan fingerprint density at radius 1 is 1.17 bits per heavy atom. The molecule has 0 unspecified atom stereocenters. The van der Waals surface area contributed by atoms with Crippen molar-refractivity contribution in [2.45, 2.75) is 46.8 Å². The Morgan fingerprint density at radius 3 is 2.38 bits per heavy atom. The second kappa shape index (κ2) is 7.35. The fourth-order valence-corrected chi connectivity index (χ4v) is 4.82. The quantitative estimate of drug-likeness (QED) is 0.741. The van der Waals surface area contributed by atoms with Crippen LogP contribution in [-0.4, -0.2) is 18.1 Å². The zero-order valence-corrected chi connectivity index (χ0v) is 17.9. The SMILES string of the molecule is Cc1ccc(C(=O)N[C@H]2C(C)(C)[C@H](Oc3ccc(C#N)c(Cl)c3)C2(C)C)c(F)c1. The van der Waals surface area contributed by atoms with Crippen LogP contribution in [0, 0.1) is 34.9 Å². The van der Waals surface area contributed by atoms with Crippen LogP contribution >= 0.6 is 11.6 Å². The van der Waals surface area contributed by atoms with Crippen molar-refractivity contribution < 1.29 is 13.9 Å². The van der Waals surface area contributed by atoms with Gasteiger partial charge in [-0.2, -0.15) is 5.26 Å². The predicted octanol–water partition coefficient (Wildman–Crippen LogP) is 5.27. The zero-order chi connectivity index (χ0) is 21.6. The lowest BCUT2D eigenvalue weighted by Crippen LogP contribution is -2.74. The minimum atomic E-state index is -0.530. The van der Waals surface area contributed by atoms with E-state index >= 15 is 0 Å². The number of hydrogen-bond acceptors (Lipinski definition) is 3. The van der Waals surface area contributed by atoms with E-state index in [9.17, 15) is 9.18 Å². The number of ether oxygens (including phenoxy) is 1. The highest BCUT2D eigenvalue weighted by atomic mass is 35.5. The summed E-state index contributed by atoms with van der Waals surface area (Å²) < 4.78 is 20.4. The van der Waals surface area contributed by atoms with Crippen molar-refractivity contribution in [3.63, 3.8) is 0 Å². The molecule has 0 spiro atoms. The fraction of sp³-hybridized carbons (Fsp3) is 0.391. The first-order valence-electron chi connectivity index (χ1n) is 9.41. The van der Waals surface area contributed by atoms with Gasteiger partial charge in [-0.3, -0.25) is 4.79 Å². The van der Waals surface area contributed by atoms with Crippen LogP contribution in [0.4, 0.5) is 4.39 Å². The fourth-order valence-electron chi connectivity index (χ4n) is 4.61. The van der Waals surface area contributed by atoms with Crippen molar-refractivity contribution in [1.29, 1.82) is 5.26 Å². The molecule has 152 valence electrons. The van der Waals surface area contributed by atoms with E-state index in [0.29, 0.717) is 16.3 Å². The summed E-state index contributed by atoms with van der Waals surface area (Å²) in [7, 11) is 0. The molecule has 1 aliphatic carbocycles. The molecule has 1 aliphatic rings. The number of carbonyl (C=O) groups is 1. The van der Waals surface area contributed by atoms with Gasteiger partial charge in [-0.05, 0) is 36.8 Å². The maximum atomic E-state index is 14.2. The molecule has 0 aliphatic heterocycles. The second-order valence-electron chi connectivity index (χ2n) is 8.78. The highest BCUT2D eigenvalue weighted by molar-refractivity contribution is 6.31. The molecule has 6 heteroatoms. The molecule has 0 heterocycles. The minimum Gasteiger partial charge on any atom is -0.489 e. The van der Waals surface area contributed by atoms with Gasteiger partial charge < -0.3 is 10.1 Å². The van der Waals surface area contributed by atoms with Gasteiger partial charge in [-0.25, -0.2) is 4.39 Å². The summed E-state index contributed by atoms with van der Waals surface area (Å²) >= 11 is 6.11.